The van der Waals surface area contributed by atoms with E-state index in [4.69, 9.17) is 9.84 Å². The molecule has 1 rings (SSSR count). The lowest BCUT2D eigenvalue weighted by molar-refractivity contribution is -0.139. The van der Waals surface area contributed by atoms with Crippen LogP contribution in [0.25, 0.3) is 0 Å². The van der Waals surface area contributed by atoms with Gasteiger partial charge in [-0.05, 0) is 17.5 Å². The predicted molar refractivity (Wildman–Crippen MR) is 80.0 cm³/mol. The molecule has 110 valence electrons. The number of ether oxygens (including phenoxy) is 1. The molecule has 0 fully saturated rings. The van der Waals surface area contributed by atoms with Gasteiger partial charge in [-0.2, -0.15) is 0 Å². The minimum atomic E-state index is -0.910. The first-order chi connectivity index (χ1) is 9.21. The number of carboxylic acid groups (broad SMARTS) is 1. The second kappa shape index (κ2) is 6.74. The number of carbonyl (C=O) groups excluding carboxylic acids is 1. The Bertz CT molecular complexity index is 514. The third kappa shape index (κ3) is 5.61. The standard InChI is InChI=1S/C14H18BrNO4/c1-14(2,8-13(18)19)7-12(17)16-10-4-9(15)5-11(6-10)20-3/h4-6H,7-8H2,1-3H3,(H,16,17)(H,18,19). The van der Waals surface area contributed by atoms with Gasteiger partial charge in [0.25, 0.3) is 0 Å². The number of nitrogens with one attached hydrogen (secondary N) is 1. The van der Waals surface area contributed by atoms with E-state index in [2.05, 4.69) is 21.2 Å². The van der Waals surface area contributed by atoms with Crippen LogP contribution in [-0.2, 0) is 9.59 Å². The molecule has 0 saturated carbocycles. The molecule has 0 aliphatic carbocycles. The molecule has 2 N–H and O–H groups in total. The lowest BCUT2D eigenvalue weighted by Crippen LogP contribution is -2.24. The molecule has 20 heavy (non-hydrogen) atoms. The third-order valence-corrected chi connectivity index (χ3v) is 3.12. The van der Waals surface area contributed by atoms with Crippen molar-refractivity contribution in [3.8, 4) is 5.75 Å². The number of methoxy groups -OCH3 is 1. The predicted octanol–water partition coefficient (Wildman–Crippen LogP) is 3.29. The quantitative estimate of drug-likeness (QED) is 0.830. The summed E-state index contributed by atoms with van der Waals surface area (Å²) in [4.78, 5) is 22.7. The van der Waals surface area contributed by atoms with Gasteiger partial charge in [0.05, 0.1) is 13.5 Å². The van der Waals surface area contributed by atoms with Crippen LogP contribution in [0.5, 0.6) is 5.75 Å². The van der Waals surface area contributed by atoms with Crippen LogP contribution in [-0.4, -0.2) is 24.1 Å². The summed E-state index contributed by atoms with van der Waals surface area (Å²) >= 11 is 3.33. The van der Waals surface area contributed by atoms with Gasteiger partial charge in [0.1, 0.15) is 5.75 Å². The fraction of sp³-hybridized carbons (Fsp3) is 0.429. The van der Waals surface area contributed by atoms with Crippen LogP contribution in [0.2, 0.25) is 0 Å². The normalized spacial score (nSPS) is 11.0. The minimum absolute atomic E-state index is 0.0533. The van der Waals surface area contributed by atoms with Crippen molar-refractivity contribution >= 4 is 33.5 Å². The van der Waals surface area contributed by atoms with Gasteiger partial charge in [0.15, 0.2) is 0 Å². The molecule has 0 atom stereocenters. The smallest absolute Gasteiger partial charge is 0.303 e. The van der Waals surface area contributed by atoms with Crippen LogP contribution >= 0.6 is 15.9 Å². The van der Waals surface area contributed by atoms with E-state index in [1.807, 2.05) is 0 Å². The monoisotopic (exact) mass is 343 g/mol. The molecule has 0 spiro atoms. The average molecular weight is 344 g/mol. The van der Waals surface area contributed by atoms with Crippen LogP contribution < -0.4 is 10.1 Å². The Kier molecular flexibility index (Phi) is 5.56. The van der Waals surface area contributed by atoms with Gasteiger partial charge in [-0.25, -0.2) is 0 Å². The second-order valence-electron chi connectivity index (χ2n) is 5.34. The van der Waals surface area contributed by atoms with E-state index in [1.54, 1.807) is 39.2 Å². The highest BCUT2D eigenvalue weighted by Crippen LogP contribution is 2.27. The number of carboxylic acids is 1. The van der Waals surface area contributed by atoms with Crippen LogP contribution in [0.1, 0.15) is 26.7 Å². The largest absolute Gasteiger partial charge is 0.497 e. The molecule has 0 aliphatic heterocycles. The number of rotatable bonds is 6. The van der Waals surface area contributed by atoms with Gasteiger partial charge in [0, 0.05) is 22.6 Å². The van der Waals surface area contributed by atoms with E-state index in [-0.39, 0.29) is 18.7 Å². The number of benzene rings is 1. The Hall–Kier alpha value is -1.56. The molecular weight excluding hydrogens is 326 g/mol. The molecule has 0 saturated heterocycles. The molecule has 0 heterocycles. The Labute approximate surface area is 126 Å². The fourth-order valence-corrected chi connectivity index (χ4v) is 2.34. The van der Waals surface area contributed by atoms with Gasteiger partial charge < -0.3 is 15.2 Å². The highest BCUT2D eigenvalue weighted by molar-refractivity contribution is 9.10. The third-order valence-electron chi connectivity index (χ3n) is 2.66. The summed E-state index contributed by atoms with van der Waals surface area (Å²) in [6, 6.07) is 5.24. The summed E-state index contributed by atoms with van der Waals surface area (Å²) in [7, 11) is 1.54. The zero-order valence-electron chi connectivity index (χ0n) is 11.7. The lowest BCUT2D eigenvalue weighted by atomic mass is 9.85. The van der Waals surface area contributed by atoms with E-state index in [0.717, 1.165) is 4.47 Å². The highest BCUT2D eigenvalue weighted by atomic mass is 79.9. The maximum absolute atomic E-state index is 12.0. The summed E-state index contributed by atoms with van der Waals surface area (Å²) in [5, 5.41) is 11.5. The molecule has 0 bridgehead atoms. The Balaban J connectivity index is 2.71. The summed E-state index contributed by atoms with van der Waals surface area (Å²) in [6.07, 6.45) is 0.0797. The van der Waals surface area contributed by atoms with Gasteiger partial charge in [-0.1, -0.05) is 29.8 Å². The molecule has 1 aromatic rings. The van der Waals surface area contributed by atoms with Crippen molar-refractivity contribution < 1.29 is 19.4 Å². The van der Waals surface area contributed by atoms with Gasteiger partial charge in [0.2, 0.25) is 5.91 Å². The first-order valence-electron chi connectivity index (χ1n) is 6.08. The molecule has 0 aliphatic rings. The number of aliphatic carboxylic acids is 1. The van der Waals surface area contributed by atoms with Crippen LogP contribution in [0.3, 0.4) is 0 Å². The van der Waals surface area contributed by atoms with Crippen molar-refractivity contribution in [3.63, 3.8) is 0 Å². The first-order valence-corrected chi connectivity index (χ1v) is 6.87. The molecular formula is C14H18BrNO4. The van der Waals surface area contributed by atoms with E-state index in [1.165, 1.54) is 0 Å². The van der Waals surface area contributed by atoms with Crippen LogP contribution in [0.15, 0.2) is 22.7 Å². The van der Waals surface area contributed by atoms with E-state index >= 15 is 0 Å². The average Bonchev–Trinajstić information content (AvgIpc) is 2.24. The summed E-state index contributed by atoms with van der Waals surface area (Å²) in [5.74, 6) is -0.511. The SMILES string of the molecule is COc1cc(Br)cc(NC(=O)CC(C)(C)CC(=O)O)c1. The van der Waals surface area contributed by atoms with Crippen molar-refractivity contribution in [1.82, 2.24) is 0 Å². The maximum atomic E-state index is 12.0. The van der Waals surface area contributed by atoms with Crippen molar-refractivity contribution in [1.29, 1.82) is 0 Å². The molecule has 5 nitrogen and oxygen atoms in total. The second-order valence-corrected chi connectivity index (χ2v) is 6.26. The number of anilines is 1. The van der Waals surface area contributed by atoms with Crippen molar-refractivity contribution in [2.24, 2.45) is 5.41 Å². The van der Waals surface area contributed by atoms with E-state index in [9.17, 15) is 9.59 Å². The van der Waals surface area contributed by atoms with Crippen molar-refractivity contribution in [3.05, 3.63) is 22.7 Å². The zero-order chi connectivity index (χ0) is 15.3. The number of amides is 1. The number of hydrogen-bond donors (Lipinski definition) is 2. The number of halogens is 1. The number of hydrogen-bond acceptors (Lipinski definition) is 3. The van der Waals surface area contributed by atoms with E-state index < -0.39 is 11.4 Å². The Morgan fingerprint density at radius 3 is 2.50 bits per heavy atom. The Morgan fingerprint density at radius 1 is 1.30 bits per heavy atom. The summed E-state index contributed by atoms with van der Waals surface area (Å²) < 4.78 is 5.90. The molecule has 1 aromatic carbocycles. The van der Waals surface area contributed by atoms with Gasteiger partial charge in [-0.3, -0.25) is 9.59 Å². The maximum Gasteiger partial charge on any atom is 0.303 e. The molecule has 0 unspecified atom stereocenters. The molecule has 0 aromatic heterocycles. The first kappa shape index (κ1) is 16.5. The minimum Gasteiger partial charge on any atom is -0.497 e. The fourth-order valence-electron chi connectivity index (χ4n) is 1.86. The van der Waals surface area contributed by atoms with Crippen molar-refractivity contribution in [2.75, 3.05) is 12.4 Å². The Morgan fingerprint density at radius 2 is 1.95 bits per heavy atom. The highest BCUT2D eigenvalue weighted by Gasteiger charge is 2.25. The lowest BCUT2D eigenvalue weighted by Gasteiger charge is -2.21. The topological polar surface area (TPSA) is 75.6 Å². The number of carbonyl (C=O) groups is 2. The summed E-state index contributed by atoms with van der Waals surface area (Å²) in [6.45, 7) is 3.50. The summed E-state index contributed by atoms with van der Waals surface area (Å²) in [5.41, 5.74) is 0.0128. The van der Waals surface area contributed by atoms with Gasteiger partial charge >= 0.3 is 5.97 Å². The van der Waals surface area contributed by atoms with Gasteiger partial charge in [-0.15, -0.1) is 0 Å². The molecule has 6 heteroatoms. The van der Waals surface area contributed by atoms with E-state index in [0.29, 0.717) is 11.4 Å². The zero-order valence-corrected chi connectivity index (χ0v) is 13.3. The molecule has 0 radical (unpaired) electrons. The van der Waals surface area contributed by atoms with Crippen LogP contribution in [0, 0.1) is 5.41 Å². The van der Waals surface area contributed by atoms with Crippen molar-refractivity contribution in [2.45, 2.75) is 26.7 Å². The molecule has 1 amide bonds. The van der Waals surface area contributed by atoms with Crippen LogP contribution in [0.4, 0.5) is 5.69 Å².